The first-order valence-electron chi connectivity index (χ1n) is 5.13. The molecule has 98 valence electrons. The third-order valence-electron chi connectivity index (χ3n) is 2.79. The van der Waals surface area contributed by atoms with Gasteiger partial charge in [0.15, 0.2) is 5.78 Å². The molecule has 0 heterocycles. The van der Waals surface area contributed by atoms with Gasteiger partial charge in [-0.3, -0.25) is 8.98 Å². The van der Waals surface area contributed by atoms with E-state index in [9.17, 15) is 13.2 Å². The molecule has 0 N–H and O–H groups in total. The van der Waals surface area contributed by atoms with Gasteiger partial charge in [0, 0.05) is 17.0 Å². The highest BCUT2D eigenvalue weighted by molar-refractivity contribution is 7.86. The number of fused-ring (bicyclic) bond motifs is 1. The quantitative estimate of drug-likeness (QED) is 0.773. The monoisotopic (exact) mass is 268 g/mol. The minimum atomic E-state index is -3.78. The van der Waals surface area contributed by atoms with Gasteiger partial charge in [0.2, 0.25) is 0 Å². The number of benzene rings is 1. The summed E-state index contributed by atoms with van der Waals surface area (Å²) in [6.07, 6.45) is 3.35. The average Bonchev–Trinajstić information content (AvgIpc) is 2.33. The highest BCUT2D eigenvalue weighted by Gasteiger charge is 2.26. The number of rotatable bonds is 2. The second-order valence-corrected chi connectivity index (χ2v) is 5.53. The topological polar surface area (TPSA) is 60.4 Å². The van der Waals surface area contributed by atoms with Crippen LogP contribution in [0.1, 0.15) is 30.3 Å². The van der Waals surface area contributed by atoms with Crippen molar-refractivity contribution in [2.75, 3.05) is 7.11 Å². The van der Waals surface area contributed by atoms with Crippen molar-refractivity contribution in [2.45, 2.75) is 19.2 Å². The lowest BCUT2D eigenvalue weighted by Gasteiger charge is -2.16. The zero-order chi connectivity index (χ0) is 12.6. The van der Waals surface area contributed by atoms with Gasteiger partial charge in [0.25, 0.3) is 10.1 Å². The molecule has 0 bridgehead atoms. The maximum absolute atomic E-state index is 11.9. The van der Waals surface area contributed by atoms with Gasteiger partial charge >= 0.3 is 0 Å². The number of allylic oxidation sites excluding steroid dienone is 1. The molecular formula is C13H16O4S. The summed E-state index contributed by atoms with van der Waals surface area (Å²) < 4.78 is 27.9. The Kier molecular flexibility index (Phi) is 4.09. The molecule has 5 heteroatoms. The lowest BCUT2D eigenvalue weighted by atomic mass is 9.89. The number of ketones is 1. The summed E-state index contributed by atoms with van der Waals surface area (Å²) in [6.45, 7) is 1.78. The summed E-state index contributed by atoms with van der Waals surface area (Å²) in [5, 5.41) is 0. The summed E-state index contributed by atoms with van der Waals surface area (Å²) in [4.78, 5) is 11.9. The van der Waals surface area contributed by atoms with Crippen LogP contribution in [0, 0.1) is 5.92 Å². The molecule has 0 fully saturated rings. The van der Waals surface area contributed by atoms with Crippen molar-refractivity contribution in [3.05, 3.63) is 35.4 Å². The van der Waals surface area contributed by atoms with Crippen LogP contribution in [-0.4, -0.2) is 21.3 Å². The van der Waals surface area contributed by atoms with Crippen molar-refractivity contribution < 1.29 is 17.4 Å². The first-order chi connectivity index (χ1) is 7.97. The summed E-state index contributed by atoms with van der Waals surface area (Å²) in [6, 6.07) is 4.62. The molecule has 1 unspecified atom stereocenters. The van der Waals surface area contributed by atoms with E-state index in [1.54, 1.807) is 31.2 Å². The molecule has 0 spiro atoms. The Bertz CT molecular complexity index is 599. The van der Waals surface area contributed by atoms with Gasteiger partial charge < -0.3 is 0 Å². The van der Waals surface area contributed by atoms with E-state index < -0.39 is 10.1 Å². The van der Waals surface area contributed by atoms with E-state index in [1.807, 2.05) is 0 Å². The van der Waals surface area contributed by atoms with Crippen LogP contribution in [0.2, 0.25) is 0 Å². The van der Waals surface area contributed by atoms with Gasteiger partial charge in [0.05, 0.1) is 7.11 Å². The van der Waals surface area contributed by atoms with E-state index >= 15 is 0 Å². The van der Waals surface area contributed by atoms with E-state index in [2.05, 4.69) is 4.18 Å². The van der Waals surface area contributed by atoms with Crippen LogP contribution in [0.4, 0.5) is 0 Å². The molecular weight excluding hydrogens is 252 g/mol. The van der Waals surface area contributed by atoms with Crippen molar-refractivity contribution in [3.8, 4) is 0 Å². The molecule has 2 rings (SSSR count). The molecule has 1 aliphatic carbocycles. The summed E-state index contributed by atoms with van der Waals surface area (Å²) in [7, 11) is -2.68. The zero-order valence-electron chi connectivity index (χ0n) is 9.51. The lowest BCUT2D eigenvalue weighted by molar-refractivity contribution is 0.0951. The van der Waals surface area contributed by atoms with Crippen LogP contribution < -0.4 is 0 Å². The van der Waals surface area contributed by atoms with Crippen molar-refractivity contribution in [2.24, 2.45) is 5.92 Å². The average molecular weight is 268 g/mol. The van der Waals surface area contributed by atoms with Gasteiger partial charge in [0.1, 0.15) is 4.90 Å². The molecule has 0 radical (unpaired) electrons. The SMILES string of the molecule is C.COS(=O)(=O)c1cccc2c1C=CC(C)C2=O. The number of hydrogen-bond donors (Lipinski definition) is 0. The summed E-state index contributed by atoms with van der Waals surface area (Å²) in [5.74, 6) is -0.293. The molecule has 0 aliphatic heterocycles. The number of hydrogen-bond acceptors (Lipinski definition) is 4. The standard InChI is InChI=1S/C12H12O4S.CH4/c1-8-6-7-9-10(12(8)13)4-3-5-11(9)17(14,15)16-2;/h3-8H,1-2H3;1H4. The highest BCUT2D eigenvalue weighted by Crippen LogP contribution is 2.28. The second kappa shape index (κ2) is 5.04. The molecule has 0 aromatic heterocycles. The van der Waals surface area contributed by atoms with E-state index in [-0.39, 0.29) is 24.0 Å². The third-order valence-corrected chi connectivity index (χ3v) is 4.12. The fourth-order valence-corrected chi connectivity index (χ4v) is 2.68. The minimum Gasteiger partial charge on any atom is -0.294 e. The van der Waals surface area contributed by atoms with Crippen molar-refractivity contribution in [3.63, 3.8) is 0 Å². The summed E-state index contributed by atoms with van der Waals surface area (Å²) >= 11 is 0. The van der Waals surface area contributed by atoms with Crippen LogP contribution in [-0.2, 0) is 14.3 Å². The number of Topliss-reactive ketones (excluding diaryl/α,β-unsaturated/α-hetero) is 1. The van der Waals surface area contributed by atoms with Crippen molar-refractivity contribution in [1.29, 1.82) is 0 Å². The van der Waals surface area contributed by atoms with E-state index in [4.69, 9.17) is 0 Å². The predicted octanol–water partition coefficient (Wildman–Crippen LogP) is 2.50. The Morgan fingerprint density at radius 1 is 1.28 bits per heavy atom. The highest BCUT2D eigenvalue weighted by atomic mass is 32.2. The molecule has 1 atom stereocenters. The predicted molar refractivity (Wildman–Crippen MR) is 69.9 cm³/mol. The first kappa shape index (κ1) is 14.6. The van der Waals surface area contributed by atoms with Crippen LogP contribution in [0.15, 0.2) is 29.2 Å². The summed E-state index contributed by atoms with van der Waals surface area (Å²) in [5.41, 5.74) is 0.843. The Hall–Kier alpha value is -1.46. The zero-order valence-corrected chi connectivity index (χ0v) is 10.3. The van der Waals surface area contributed by atoms with Crippen LogP contribution in [0.5, 0.6) is 0 Å². The van der Waals surface area contributed by atoms with Gasteiger partial charge in [-0.25, -0.2) is 0 Å². The largest absolute Gasteiger partial charge is 0.297 e. The molecule has 0 saturated carbocycles. The fourth-order valence-electron chi connectivity index (χ4n) is 1.81. The normalized spacial score (nSPS) is 18.1. The van der Waals surface area contributed by atoms with Gasteiger partial charge in [-0.1, -0.05) is 38.6 Å². The Morgan fingerprint density at radius 3 is 2.56 bits per heavy atom. The number of carbonyl (C=O) groups is 1. The van der Waals surface area contributed by atoms with Gasteiger partial charge in [-0.05, 0) is 6.07 Å². The molecule has 1 aliphatic rings. The molecule has 0 saturated heterocycles. The van der Waals surface area contributed by atoms with Crippen LogP contribution >= 0.6 is 0 Å². The molecule has 1 aromatic rings. The first-order valence-corrected chi connectivity index (χ1v) is 6.54. The second-order valence-electron chi connectivity index (χ2n) is 3.85. The Balaban J connectivity index is 0.00000162. The molecule has 18 heavy (non-hydrogen) atoms. The Morgan fingerprint density at radius 2 is 1.94 bits per heavy atom. The fraction of sp³-hybridized carbons (Fsp3) is 0.308. The molecule has 1 aromatic carbocycles. The lowest BCUT2D eigenvalue weighted by Crippen LogP contribution is -2.16. The van der Waals surface area contributed by atoms with Crippen molar-refractivity contribution >= 4 is 22.0 Å². The molecule has 0 amide bonds. The third kappa shape index (κ3) is 2.23. The van der Waals surface area contributed by atoms with Crippen molar-refractivity contribution in [1.82, 2.24) is 0 Å². The van der Waals surface area contributed by atoms with Crippen LogP contribution in [0.3, 0.4) is 0 Å². The smallest absolute Gasteiger partial charge is 0.294 e. The Labute approximate surface area is 107 Å². The van der Waals surface area contributed by atoms with E-state index in [0.717, 1.165) is 7.11 Å². The maximum atomic E-state index is 11.9. The maximum Gasteiger partial charge on any atom is 0.297 e. The number of carbonyl (C=O) groups excluding carboxylic acids is 1. The molecule has 4 nitrogen and oxygen atoms in total. The van der Waals surface area contributed by atoms with Crippen LogP contribution in [0.25, 0.3) is 6.08 Å². The van der Waals surface area contributed by atoms with E-state index in [0.29, 0.717) is 11.1 Å². The van der Waals surface area contributed by atoms with E-state index in [1.165, 1.54) is 6.07 Å². The van der Waals surface area contributed by atoms with Gasteiger partial charge in [-0.15, -0.1) is 0 Å². The van der Waals surface area contributed by atoms with Gasteiger partial charge in [-0.2, -0.15) is 8.42 Å². The minimum absolute atomic E-state index is 0.